The number of carbonyl (C=O) groups excluding carboxylic acids is 2. The summed E-state index contributed by atoms with van der Waals surface area (Å²) in [7, 11) is 0. The Labute approximate surface area is 407 Å². The van der Waals surface area contributed by atoms with Crippen LogP contribution in [0.15, 0.2) is 134 Å². The quantitative estimate of drug-likeness (QED) is 0.0346. The van der Waals surface area contributed by atoms with E-state index in [2.05, 4.69) is 142 Å². The first kappa shape index (κ1) is 62.0. The van der Waals surface area contributed by atoms with Crippen LogP contribution in [0.25, 0.3) is 0 Å². The summed E-state index contributed by atoms with van der Waals surface area (Å²) in [4.78, 5) is 25.4. The average molecular weight is 911 g/mol. The second-order valence-corrected chi connectivity index (χ2v) is 17.0. The SMILES string of the molecule is CC/C=C\C/C=C\C/C=C\C/C=C\C/C=C\CCCCCCOCC(COC(=O)C/C=C\C/C=C\C/C=C\C/C=C\C/C=C\CC)OC(=O)CCCCCCC/C=C\CCCCCCCC. The van der Waals surface area contributed by atoms with Gasteiger partial charge in [0.2, 0.25) is 0 Å². The molecule has 372 valence electrons. The number of carbonyl (C=O) groups is 2. The van der Waals surface area contributed by atoms with Crippen molar-refractivity contribution in [1.29, 1.82) is 0 Å². The lowest BCUT2D eigenvalue weighted by atomic mass is 10.1. The molecular formula is C61H98O5. The minimum absolute atomic E-state index is 0.00883. The number of hydrogen-bond donors (Lipinski definition) is 0. The van der Waals surface area contributed by atoms with Gasteiger partial charge in [0.05, 0.1) is 13.0 Å². The molecule has 0 aromatic carbocycles. The van der Waals surface area contributed by atoms with Crippen LogP contribution in [0.4, 0.5) is 0 Å². The highest BCUT2D eigenvalue weighted by Gasteiger charge is 2.17. The van der Waals surface area contributed by atoms with Crippen molar-refractivity contribution in [2.75, 3.05) is 19.8 Å². The van der Waals surface area contributed by atoms with Gasteiger partial charge in [-0.3, -0.25) is 9.59 Å². The molecule has 0 amide bonds. The lowest BCUT2D eigenvalue weighted by Gasteiger charge is -2.18. The fourth-order valence-electron chi connectivity index (χ4n) is 6.78. The summed E-state index contributed by atoms with van der Waals surface area (Å²) in [6.45, 7) is 7.41. The standard InChI is InChI=1S/C61H98O5/c1-4-7-10-13-16-19-22-25-28-29-30-31-32-35-38-41-44-47-50-53-56-64-57-59(66-61(63)55-52-49-46-43-40-37-34-27-24-21-18-15-12-9-6-3)58-65-60(62)54-51-48-45-42-39-36-33-26-23-20-17-14-11-8-5-2/h7-8,10-11,16-17,19-20,25-28,30-31,33-35,38-39,42,48,51,59H,4-6,9,12-15,18,21-24,29,32,36-37,40-41,43-47,49-50,52-58H2,1-3H3/b10-7-,11-8-,19-16-,20-17-,28-25-,31-30-,33-26-,34-27-,38-35-,42-39-,51-48-. The van der Waals surface area contributed by atoms with Crippen LogP contribution >= 0.6 is 0 Å². The zero-order chi connectivity index (χ0) is 47.7. The van der Waals surface area contributed by atoms with Crippen molar-refractivity contribution < 1.29 is 23.8 Å². The predicted molar refractivity (Wildman–Crippen MR) is 288 cm³/mol. The Kier molecular flexibility index (Phi) is 52.0. The zero-order valence-corrected chi connectivity index (χ0v) is 42.7. The predicted octanol–water partition coefficient (Wildman–Crippen LogP) is 18.3. The highest BCUT2D eigenvalue weighted by Crippen LogP contribution is 2.12. The smallest absolute Gasteiger partial charge is 0.309 e. The molecule has 1 unspecified atom stereocenters. The van der Waals surface area contributed by atoms with Gasteiger partial charge in [-0.15, -0.1) is 0 Å². The van der Waals surface area contributed by atoms with Gasteiger partial charge in [-0.25, -0.2) is 0 Å². The molecule has 5 heteroatoms. The van der Waals surface area contributed by atoms with E-state index in [0.717, 1.165) is 122 Å². The Morgan fingerprint density at radius 1 is 0.364 bits per heavy atom. The first-order valence-electron chi connectivity index (χ1n) is 26.7. The molecule has 0 radical (unpaired) electrons. The third kappa shape index (κ3) is 52.7. The van der Waals surface area contributed by atoms with Crippen LogP contribution in [0, 0.1) is 0 Å². The van der Waals surface area contributed by atoms with Crippen LogP contribution in [0.1, 0.15) is 213 Å². The van der Waals surface area contributed by atoms with Crippen molar-refractivity contribution in [3.05, 3.63) is 134 Å². The van der Waals surface area contributed by atoms with Gasteiger partial charge < -0.3 is 14.2 Å². The van der Waals surface area contributed by atoms with Gasteiger partial charge in [-0.05, 0) is 116 Å². The van der Waals surface area contributed by atoms with E-state index in [-0.39, 0.29) is 31.6 Å². The van der Waals surface area contributed by atoms with Crippen LogP contribution < -0.4 is 0 Å². The first-order chi connectivity index (χ1) is 32.6. The van der Waals surface area contributed by atoms with E-state index in [0.29, 0.717) is 13.0 Å². The van der Waals surface area contributed by atoms with Gasteiger partial charge in [0.25, 0.3) is 0 Å². The van der Waals surface area contributed by atoms with Crippen LogP contribution in [0.2, 0.25) is 0 Å². The van der Waals surface area contributed by atoms with Gasteiger partial charge in [0.1, 0.15) is 6.61 Å². The lowest BCUT2D eigenvalue weighted by Crippen LogP contribution is -2.30. The van der Waals surface area contributed by atoms with Gasteiger partial charge >= 0.3 is 11.9 Å². The molecule has 0 aliphatic heterocycles. The highest BCUT2D eigenvalue weighted by molar-refractivity contribution is 5.71. The van der Waals surface area contributed by atoms with Crippen LogP contribution in [0.5, 0.6) is 0 Å². The van der Waals surface area contributed by atoms with E-state index in [1.165, 1.54) is 57.8 Å². The number of unbranched alkanes of at least 4 members (excludes halogenated alkanes) is 15. The van der Waals surface area contributed by atoms with Crippen molar-refractivity contribution in [2.45, 2.75) is 219 Å². The maximum atomic E-state index is 12.8. The molecule has 5 nitrogen and oxygen atoms in total. The molecule has 0 heterocycles. The summed E-state index contributed by atoms with van der Waals surface area (Å²) in [6, 6.07) is 0. The number of hydrogen-bond acceptors (Lipinski definition) is 5. The third-order valence-corrected chi connectivity index (χ3v) is 10.7. The second kappa shape index (κ2) is 55.4. The topological polar surface area (TPSA) is 61.8 Å². The maximum Gasteiger partial charge on any atom is 0.309 e. The summed E-state index contributed by atoms with van der Waals surface area (Å²) >= 11 is 0. The Hall–Kier alpha value is -3.96. The molecule has 0 aliphatic rings. The molecule has 0 saturated carbocycles. The monoisotopic (exact) mass is 911 g/mol. The second-order valence-electron chi connectivity index (χ2n) is 17.0. The number of ether oxygens (including phenoxy) is 3. The van der Waals surface area contributed by atoms with Gasteiger partial charge in [0.15, 0.2) is 6.10 Å². The molecule has 0 spiro atoms. The fraction of sp³-hybridized carbons (Fsp3) is 0.607. The van der Waals surface area contributed by atoms with E-state index in [4.69, 9.17) is 14.2 Å². The normalized spacial score (nSPS) is 13.3. The van der Waals surface area contributed by atoms with Gasteiger partial charge in [0, 0.05) is 13.0 Å². The molecule has 0 saturated heterocycles. The lowest BCUT2D eigenvalue weighted by molar-refractivity contribution is -0.162. The molecule has 0 aliphatic carbocycles. The van der Waals surface area contributed by atoms with Crippen molar-refractivity contribution in [3.63, 3.8) is 0 Å². The summed E-state index contributed by atoms with van der Waals surface area (Å²) in [6.07, 6.45) is 79.2. The molecular weight excluding hydrogens is 813 g/mol. The number of rotatable bonds is 47. The maximum absolute atomic E-state index is 12.8. The van der Waals surface area contributed by atoms with Crippen molar-refractivity contribution in [2.24, 2.45) is 0 Å². The van der Waals surface area contributed by atoms with Crippen LogP contribution in [-0.2, 0) is 23.8 Å². The van der Waals surface area contributed by atoms with E-state index in [1.54, 1.807) is 0 Å². The highest BCUT2D eigenvalue weighted by atomic mass is 16.6. The first-order valence-corrected chi connectivity index (χ1v) is 26.7. The van der Waals surface area contributed by atoms with E-state index in [1.807, 2.05) is 12.2 Å². The molecule has 0 bridgehead atoms. The number of esters is 2. The van der Waals surface area contributed by atoms with Gasteiger partial charge in [-0.1, -0.05) is 219 Å². The van der Waals surface area contributed by atoms with E-state index >= 15 is 0 Å². The van der Waals surface area contributed by atoms with Crippen molar-refractivity contribution in [1.82, 2.24) is 0 Å². The summed E-state index contributed by atoms with van der Waals surface area (Å²) in [5, 5.41) is 0. The van der Waals surface area contributed by atoms with E-state index < -0.39 is 6.10 Å². The minimum Gasteiger partial charge on any atom is -0.461 e. The molecule has 0 rings (SSSR count). The molecule has 66 heavy (non-hydrogen) atoms. The molecule has 0 fully saturated rings. The van der Waals surface area contributed by atoms with Crippen LogP contribution in [-0.4, -0.2) is 37.9 Å². The Bertz CT molecular complexity index is 1400. The van der Waals surface area contributed by atoms with Crippen molar-refractivity contribution >= 4 is 11.9 Å². The number of allylic oxidation sites excluding steroid dienone is 21. The van der Waals surface area contributed by atoms with Gasteiger partial charge in [-0.2, -0.15) is 0 Å². The van der Waals surface area contributed by atoms with E-state index in [9.17, 15) is 9.59 Å². The Morgan fingerprint density at radius 2 is 0.727 bits per heavy atom. The molecule has 0 N–H and O–H groups in total. The average Bonchev–Trinajstić information content (AvgIpc) is 3.32. The summed E-state index contributed by atoms with van der Waals surface area (Å²) in [5.74, 6) is -0.577. The van der Waals surface area contributed by atoms with Crippen molar-refractivity contribution in [3.8, 4) is 0 Å². The van der Waals surface area contributed by atoms with Crippen LogP contribution in [0.3, 0.4) is 0 Å². The zero-order valence-electron chi connectivity index (χ0n) is 42.7. The third-order valence-electron chi connectivity index (χ3n) is 10.7. The minimum atomic E-state index is -0.603. The molecule has 0 aromatic rings. The molecule has 1 atom stereocenters. The largest absolute Gasteiger partial charge is 0.461 e. The fourth-order valence-corrected chi connectivity index (χ4v) is 6.78. The Balaban J connectivity index is 4.47. The Morgan fingerprint density at radius 3 is 1.18 bits per heavy atom. The summed E-state index contributed by atoms with van der Waals surface area (Å²) in [5.41, 5.74) is 0. The molecule has 0 aromatic heterocycles. The summed E-state index contributed by atoms with van der Waals surface area (Å²) < 4.78 is 17.3.